The Kier molecular flexibility index (Phi) is 6.08. The molecule has 1 heterocycles. The Morgan fingerprint density at radius 2 is 2.10 bits per heavy atom. The van der Waals surface area contributed by atoms with E-state index in [0.717, 1.165) is 0 Å². The van der Waals surface area contributed by atoms with Gasteiger partial charge >= 0.3 is 6.09 Å². The maximum Gasteiger partial charge on any atom is 0.411 e. The molecule has 0 radical (unpaired) electrons. The lowest BCUT2D eigenvalue weighted by molar-refractivity contribution is -0.122. The molecule has 1 aromatic heterocycles. The molecule has 7 nitrogen and oxygen atoms in total. The minimum atomic E-state index is -0.623. The molecule has 0 saturated heterocycles. The van der Waals surface area contributed by atoms with E-state index in [2.05, 4.69) is 15.3 Å². The molecule has 0 atom stereocenters. The van der Waals surface area contributed by atoms with E-state index in [-0.39, 0.29) is 19.0 Å². The summed E-state index contributed by atoms with van der Waals surface area (Å²) in [6.45, 7) is 7.77. The zero-order valence-corrected chi connectivity index (χ0v) is 12.9. The third-order valence-corrected chi connectivity index (χ3v) is 2.36. The van der Waals surface area contributed by atoms with E-state index >= 15 is 0 Å². The number of carbonyl (C=O) groups excluding carboxylic acids is 2. The van der Waals surface area contributed by atoms with Crippen molar-refractivity contribution >= 4 is 12.0 Å². The standard InChI is InChI=1S/C14H22N4O3/c1-5-16-12(19)9-18(13(20)21-14(2,3)4)8-11-6-7-15-10-17-11/h6-7,10H,5,8-9H2,1-4H3,(H,16,19). The molecule has 1 rings (SSSR count). The van der Waals surface area contributed by atoms with Gasteiger partial charge in [0.25, 0.3) is 0 Å². The lowest BCUT2D eigenvalue weighted by Gasteiger charge is -2.26. The monoisotopic (exact) mass is 294 g/mol. The van der Waals surface area contributed by atoms with Crippen LogP contribution in [0.5, 0.6) is 0 Å². The molecule has 0 bridgehead atoms. The highest BCUT2D eigenvalue weighted by Crippen LogP contribution is 2.11. The number of nitrogens with zero attached hydrogens (tertiary/aromatic N) is 3. The molecule has 1 N–H and O–H groups in total. The Labute approximate surface area is 124 Å². The average molecular weight is 294 g/mol. The van der Waals surface area contributed by atoms with Gasteiger partial charge in [-0.15, -0.1) is 0 Å². The number of amides is 2. The number of rotatable bonds is 5. The highest BCUT2D eigenvalue weighted by Gasteiger charge is 2.24. The van der Waals surface area contributed by atoms with Crippen LogP contribution in [0.1, 0.15) is 33.4 Å². The number of carbonyl (C=O) groups is 2. The van der Waals surface area contributed by atoms with Gasteiger partial charge in [-0.05, 0) is 33.8 Å². The molecule has 7 heteroatoms. The molecular weight excluding hydrogens is 272 g/mol. The summed E-state index contributed by atoms with van der Waals surface area (Å²) in [5, 5.41) is 2.66. The quantitative estimate of drug-likeness (QED) is 0.886. The molecule has 0 aliphatic heterocycles. The minimum absolute atomic E-state index is 0.0766. The van der Waals surface area contributed by atoms with Gasteiger partial charge in [0.15, 0.2) is 0 Å². The summed E-state index contributed by atoms with van der Waals surface area (Å²) >= 11 is 0. The van der Waals surface area contributed by atoms with Gasteiger partial charge in [-0.1, -0.05) is 0 Å². The number of hydrogen-bond donors (Lipinski definition) is 1. The number of hydrogen-bond acceptors (Lipinski definition) is 5. The van der Waals surface area contributed by atoms with Crippen molar-refractivity contribution in [3.8, 4) is 0 Å². The maximum absolute atomic E-state index is 12.2. The van der Waals surface area contributed by atoms with Crippen molar-refractivity contribution in [3.63, 3.8) is 0 Å². The van der Waals surface area contributed by atoms with Gasteiger partial charge < -0.3 is 10.1 Å². The Balaban J connectivity index is 2.78. The fourth-order valence-corrected chi connectivity index (χ4v) is 1.55. The van der Waals surface area contributed by atoms with E-state index < -0.39 is 11.7 Å². The summed E-state index contributed by atoms with van der Waals surface area (Å²) in [5.41, 5.74) is 0.0163. The molecule has 0 fully saturated rings. The zero-order valence-electron chi connectivity index (χ0n) is 12.9. The first-order chi connectivity index (χ1) is 9.81. The van der Waals surface area contributed by atoms with E-state index in [1.807, 2.05) is 6.92 Å². The van der Waals surface area contributed by atoms with E-state index in [4.69, 9.17) is 4.74 Å². The second-order valence-electron chi connectivity index (χ2n) is 5.49. The Morgan fingerprint density at radius 1 is 1.38 bits per heavy atom. The van der Waals surface area contributed by atoms with Gasteiger partial charge in [0.05, 0.1) is 12.2 Å². The number of nitrogens with one attached hydrogen (secondary N) is 1. The van der Waals surface area contributed by atoms with Crippen LogP contribution in [0.3, 0.4) is 0 Å². The minimum Gasteiger partial charge on any atom is -0.444 e. The van der Waals surface area contributed by atoms with Crippen LogP contribution in [-0.2, 0) is 16.1 Å². The molecule has 2 amide bonds. The number of aromatic nitrogens is 2. The molecule has 1 aromatic rings. The second kappa shape index (κ2) is 7.56. The first kappa shape index (κ1) is 16.9. The van der Waals surface area contributed by atoms with Crippen LogP contribution in [-0.4, -0.2) is 45.6 Å². The fourth-order valence-electron chi connectivity index (χ4n) is 1.55. The molecule has 0 aliphatic rings. The molecule has 0 spiro atoms. The van der Waals surface area contributed by atoms with Gasteiger partial charge in [-0.2, -0.15) is 0 Å². The normalized spacial score (nSPS) is 10.9. The third kappa shape index (κ3) is 6.69. The van der Waals surface area contributed by atoms with E-state index in [1.54, 1.807) is 33.0 Å². The highest BCUT2D eigenvalue weighted by molar-refractivity contribution is 5.82. The summed E-state index contributed by atoms with van der Waals surface area (Å²) in [6.07, 6.45) is 2.43. The smallest absolute Gasteiger partial charge is 0.411 e. The van der Waals surface area contributed by atoms with Crippen LogP contribution in [0.15, 0.2) is 18.6 Å². The van der Waals surface area contributed by atoms with Crippen molar-refractivity contribution in [1.29, 1.82) is 0 Å². The Bertz CT molecular complexity index is 471. The van der Waals surface area contributed by atoms with Gasteiger partial charge in [-0.3, -0.25) is 9.69 Å². The summed E-state index contributed by atoms with van der Waals surface area (Å²) < 4.78 is 5.31. The lowest BCUT2D eigenvalue weighted by atomic mass is 10.2. The number of likely N-dealkylation sites (N-methyl/N-ethyl adjacent to an activating group) is 1. The van der Waals surface area contributed by atoms with Gasteiger partial charge in [0.1, 0.15) is 18.5 Å². The first-order valence-electron chi connectivity index (χ1n) is 6.81. The first-order valence-corrected chi connectivity index (χ1v) is 6.81. The van der Waals surface area contributed by atoms with Gasteiger partial charge in [0.2, 0.25) is 5.91 Å². The summed E-state index contributed by atoms with van der Waals surface area (Å²) in [6, 6.07) is 1.69. The van der Waals surface area contributed by atoms with Crippen molar-refractivity contribution < 1.29 is 14.3 Å². The molecular formula is C14H22N4O3. The van der Waals surface area contributed by atoms with Crippen LogP contribution in [0.2, 0.25) is 0 Å². The lowest BCUT2D eigenvalue weighted by Crippen LogP contribution is -2.42. The van der Waals surface area contributed by atoms with Crippen molar-refractivity contribution in [1.82, 2.24) is 20.2 Å². The molecule has 116 valence electrons. The van der Waals surface area contributed by atoms with Crippen molar-refractivity contribution in [3.05, 3.63) is 24.3 Å². The van der Waals surface area contributed by atoms with Crippen LogP contribution in [0, 0.1) is 0 Å². The van der Waals surface area contributed by atoms with Crippen LogP contribution in [0.25, 0.3) is 0 Å². The summed E-state index contributed by atoms with van der Waals surface area (Å²) in [7, 11) is 0. The second-order valence-corrected chi connectivity index (χ2v) is 5.49. The topological polar surface area (TPSA) is 84.4 Å². The molecule has 0 aliphatic carbocycles. The van der Waals surface area contributed by atoms with Gasteiger partial charge in [-0.25, -0.2) is 14.8 Å². The summed E-state index contributed by atoms with van der Waals surface area (Å²) in [5.74, 6) is -0.239. The van der Waals surface area contributed by atoms with Crippen molar-refractivity contribution in [2.45, 2.75) is 39.8 Å². The third-order valence-electron chi connectivity index (χ3n) is 2.36. The Morgan fingerprint density at radius 3 is 2.62 bits per heavy atom. The largest absolute Gasteiger partial charge is 0.444 e. The van der Waals surface area contributed by atoms with Crippen molar-refractivity contribution in [2.24, 2.45) is 0 Å². The van der Waals surface area contributed by atoms with E-state index in [9.17, 15) is 9.59 Å². The Hall–Kier alpha value is -2.18. The molecule has 0 unspecified atom stereocenters. The summed E-state index contributed by atoms with van der Waals surface area (Å²) in [4.78, 5) is 33.1. The molecule has 21 heavy (non-hydrogen) atoms. The SMILES string of the molecule is CCNC(=O)CN(Cc1ccncn1)C(=O)OC(C)(C)C. The van der Waals surface area contributed by atoms with Crippen molar-refractivity contribution in [2.75, 3.05) is 13.1 Å². The highest BCUT2D eigenvalue weighted by atomic mass is 16.6. The van der Waals surface area contributed by atoms with E-state index in [1.165, 1.54) is 11.2 Å². The molecule has 0 aromatic carbocycles. The zero-order chi connectivity index (χ0) is 15.9. The number of ether oxygens (including phenoxy) is 1. The van der Waals surface area contributed by atoms with Crippen LogP contribution in [0.4, 0.5) is 4.79 Å². The predicted octanol–water partition coefficient (Wildman–Crippen LogP) is 1.35. The van der Waals surface area contributed by atoms with Gasteiger partial charge in [0, 0.05) is 12.7 Å². The molecule has 0 saturated carbocycles. The van der Waals surface area contributed by atoms with Crippen LogP contribution >= 0.6 is 0 Å². The predicted molar refractivity (Wildman–Crippen MR) is 77.4 cm³/mol. The van der Waals surface area contributed by atoms with Crippen LogP contribution < -0.4 is 5.32 Å². The maximum atomic E-state index is 12.2. The van der Waals surface area contributed by atoms with E-state index in [0.29, 0.717) is 12.2 Å². The average Bonchev–Trinajstić information content (AvgIpc) is 2.37. The fraction of sp³-hybridized carbons (Fsp3) is 0.571.